The number of piperidine rings is 1. The third kappa shape index (κ3) is 7.49. The Labute approximate surface area is 245 Å². The molecular formula is C30H35F6N3O4. The van der Waals surface area contributed by atoms with Gasteiger partial charge in [0.25, 0.3) is 0 Å². The van der Waals surface area contributed by atoms with Crippen molar-refractivity contribution in [2.45, 2.75) is 81.8 Å². The molecule has 2 aliphatic heterocycles. The summed E-state index contributed by atoms with van der Waals surface area (Å²) in [5.74, 6) is 0.236. The molecule has 4 atom stereocenters. The number of ether oxygens (including phenoxy) is 3. The van der Waals surface area contributed by atoms with Gasteiger partial charge in [-0.2, -0.15) is 13.2 Å². The Bertz CT molecular complexity index is 1230. The van der Waals surface area contributed by atoms with Gasteiger partial charge in [-0.15, -0.1) is 13.2 Å². The standard InChI is InChI=1S/C30H35F6N3O4/c31-29(32,33)28(15-16-41-28)23-9-5-6-10-25(23)42-26-24(17-20(18-37-26)19-7-3-1-2-4-8-19)39-27(40)38-21-11-13-22(14-12-21)43-30(34,35)36/h5-6,9-14,19-20,24,26,37H,1-4,7-8,15-18H2,(H2,38,39,40)/t20?,24?,26?,28-/m1/s1. The molecule has 3 fully saturated rings. The van der Waals surface area contributed by atoms with E-state index in [1.807, 2.05) is 0 Å². The summed E-state index contributed by atoms with van der Waals surface area (Å²) in [6, 6.07) is 9.35. The molecule has 3 N–H and O–H groups in total. The zero-order valence-corrected chi connectivity index (χ0v) is 23.4. The second kappa shape index (κ2) is 12.8. The predicted octanol–water partition coefficient (Wildman–Crippen LogP) is 7.24. The molecule has 1 aliphatic carbocycles. The molecule has 2 saturated heterocycles. The van der Waals surface area contributed by atoms with Crippen LogP contribution in [0.4, 0.5) is 36.8 Å². The van der Waals surface area contributed by atoms with E-state index in [0.717, 1.165) is 37.8 Å². The highest BCUT2D eigenvalue weighted by molar-refractivity contribution is 5.89. The number of alkyl halides is 6. The first-order valence-corrected chi connectivity index (χ1v) is 14.6. The molecule has 7 nitrogen and oxygen atoms in total. The SMILES string of the molecule is O=C(Nc1ccc(OC(F)(F)F)cc1)NC1CC(C2CCCCCC2)CNC1Oc1ccccc1[C@@]1(C(F)(F)F)CCO1. The van der Waals surface area contributed by atoms with Crippen LogP contribution in [0.15, 0.2) is 48.5 Å². The van der Waals surface area contributed by atoms with Crippen LogP contribution in [-0.2, 0) is 10.3 Å². The van der Waals surface area contributed by atoms with Gasteiger partial charge in [-0.3, -0.25) is 5.32 Å². The van der Waals surface area contributed by atoms with E-state index in [9.17, 15) is 31.1 Å². The Kier molecular flexibility index (Phi) is 9.31. The van der Waals surface area contributed by atoms with Crippen molar-refractivity contribution < 1.29 is 45.3 Å². The molecule has 0 radical (unpaired) electrons. The number of hydrogen-bond acceptors (Lipinski definition) is 5. The van der Waals surface area contributed by atoms with E-state index >= 15 is 0 Å². The highest BCUT2D eigenvalue weighted by Crippen LogP contribution is 2.52. The van der Waals surface area contributed by atoms with Crippen molar-refractivity contribution in [3.63, 3.8) is 0 Å². The normalized spacial score (nSPS) is 27.0. The average Bonchev–Trinajstić information content (AvgIpc) is 3.19. The van der Waals surface area contributed by atoms with E-state index in [4.69, 9.17) is 9.47 Å². The number of halogens is 6. The molecule has 5 rings (SSSR count). The van der Waals surface area contributed by atoms with E-state index in [0.29, 0.717) is 18.9 Å². The second-order valence-electron chi connectivity index (χ2n) is 11.4. The van der Waals surface area contributed by atoms with E-state index in [2.05, 4.69) is 20.7 Å². The van der Waals surface area contributed by atoms with Gasteiger partial charge in [-0.25, -0.2) is 4.79 Å². The van der Waals surface area contributed by atoms with Crippen molar-refractivity contribution in [2.24, 2.45) is 11.8 Å². The summed E-state index contributed by atoms with van der Waals surface area (Å²) in [4.78, 5) is 13.1. The molecule has 3 unspecified atom stereocenters. The van der Waals surface area contributed by atoms with Gasteiger partial charge >= 0.3 is 18.6 Å². The quantitative estimate of drug-likeness (QED) is 0.226. The van der Waals surface area contributed by atoms with Crippen LogP contribution in [0.2, 0.25) is 0 Å². The third-order valence-corrected chi connectivity index (χ3v) is 8.57. The first kappa shape index (κ1) is 31.2. The minimum atomic E-state index is -4.84. The maximum atomic E-state index is 14.1. The lowest BCUT2D eigenvalue weighted by atomic mass is 9.79. The van der Waals surface area contributed by atoms with Gasteiger partial charge < -0.3 is 24.8 Å². The fraction of sp³-hybridized carbons (Fsp3) is 0.567. The lowest BCUT2D eigenvalue weighted by Crippen LogP contribution is -2.60. The molecule has 43 heavy (non-hydrogen) atoms. The molecule has 236 valence electrons. The van der Waals surface area contributed by atoms with Crippen molar-refractivity contribution >= 4 is 11.7 Å². The summed E-state index contributed by atoms with van der Waals surface area (Å²) >= 11 is 0. The lowest BCUT2D eigenvalue weighted by Gasteiger charge is -2.45. The molecule has 13 heteroatoms. The highest BCUT2D eigenvalue weighted by Gasteiger charge is 2.62. The molecule has 2 aromatic carbocycles. The van der Waals surface area contributed by atoms with E-state index in [-0.39, 0.29) is 35.9 Å². The predicted molar refractivity (Wildman–Crippen MR) is 146 cm³/mol. The molecule has 0 spiro atoms. The van der Waals surface area contributed by atoms with Crippen LogP contribution in [0.3, 0.4) is 0 Å². The highest BCUT2D eigenvalue weighted by atomic mass is 19.4. The molecule has 2 heterocycles. The van der Waals surface area contributed by atoms with E-state index in [1.165, 1.54) is 43.2 Å². The number of hydrogen-bond donors (Lipinski definition) is 3. The molecule has 0 aromatic heterocycles. The van der Waals surface area contributed by atoms with Crippen LogP contribution in [-0.4, -0.2) is 44.0 Å². The van der Waals surface area contributed by atoms with Gasteiger partial charge in [0.1, 0.15) is 11.5 Å². The topological polar surface area (TPSA) is 80.9 Å². The second-order valence-corrected chi connectivity index (χ2v) is 11.4. The summed E-state index contributed by atoms with van der Waals surface area (Å²) in [7, 11) is 0. The zero-order valence-electron chi connectivity index (χ0n) is 23.4. The third-order valence-electron chi connectivity index (χ3n) is 8.57. The van der Waals surface area contributed by atoms with E-state index in [1.54, 1.807) is 6.07 Å². The molecule has 1 saturated carbocycles. The number of para-hydroxylation sites is 1. The van der Waals surface area contributed by atoms with Gasteiger partial charge in [0.15, 0.2) is 11.8 Å². The maximum absolute atomic E-state index is 14.1. The monoisotopic (exact) mass is 615 g/mol. The van der Waals surface area contributed by atoms with Crippen molar-refractivity contribution in [3.05, 3.63) is 54.1 Å². The Balaban J connectivity index is 1.33. The fourth-order valence-electron chi connectivity index (χ4n) is 6.35. The number of rotatable bonds is 7. The van der Waals surface area contributed by atoms with Gasteiger partial charge in [-0.1, -0.05) is 56.7 Å². The van der Waals surface area contributed by atoms with Gasteiger partial charge in [-0.05, 0) is 48.6 Å². The summed E-state index contributed by atoms with van der Waals surface area (Å²) in [5.41, 5.74) is -2.34. The van der Waals surface area contributed by atoms with Crippen molar-refractivity contribution in [2.75, 3.05) is 18.5 Å². The maximum Gasteiger partial charge on any atom is 0.573 e. The molecule has 3 aliphatic rings. The van der Waals surface area contributed by atoms with Crippen molar-refractivity contribution in [1.29, 1.82) is 0 Å². The number of nitrogens with one attached hydrogen (secondary N) is 3. The minimum Gasteiger partial charge on any atom is -0.473 e. The first-order valence-electron chi connectivity index (χ1n) is 14.6. The van der Waals surface area contributed by atoms with Crippen molar-refractivity contribution in [1.82, 2.24) is 10.6 Å². The zero-order chi connectivity index (χ0) is 30.7. The summed E-state index contributed by atoms with van der Waals surface area (Å²) < 4.78 is 95.0. The lowest BCUT2D eigenvalue weighted by molar-refractivity contribution is -0.334. The van der Waals surface area contributed by atoms with Gasteiger partial charge in [0.05, 0.1) is 12.6 Å². The van der Waals surface area contributed by atoms with Gasteiger partial charge in [0, 0.05) is 24.2 Å². The average molecular weight is 616 g/mol. The molecule has 2 aromatic rings. The first-order chi connectivity index (χ1) is 20.4. The Hall–Kier alpha value is -3.19. The van der Waals surface area contributed by atoms with Crippen LogP contribution < -0.4 is 25.4 Å². The number of amides is 2. The van der Waals surface area contributed by atoms with Crippen LogP contribution >= 0.6 is 0 Å². The number of benzene rings is 2. The molecule has 2 amide bonds. The van der Waals surface area contributed by atoms with Gasteiger partial charge in [0.2, 0.25) is 0 Å². The number of carbonyl (C=O) groups is 1. The minimum absolute atomic E-state index is 0.0115. The smallest absolute Gasteiger partial charge is 0.473 e. The van der Waals surface area contributed by atoms with Crippen LogP contribution in [0.1, 0.15) is 56.9 Å². The molecule has 0 bridgehead atoms. The summed E-state index contributed by atoms with van der Waals surface area (Å²) in [6.07, 6.45) is -3.28. The van der Waals surface area contributed by atoms with Crippen LogP contribution in [0.25, 0.3) is 0 Å². The Morgan fingerprint density at radius 1 is 0.930 bits per heavy atom. The number of carbonyl (C=O) groups excluding carboxylic acids is 1. The summed E-state index contributed by atoms with van der Waals surface area (Å²) in [5, 5.41) is 8.82. The fourth-order valence-corrected chi connectivity index (χ4v) is 6.35. The largest absolute Gasteiger partial charge is 0.573 e. The number of anilines is 1. The van der Waals surface area contributed by atoms with Crippen LogP contribution in [0.5, 0.6) is 11.5 Å². The molecular weight excluding hydrogens is 580 g/mol. The van der Waals surface area contributed by atoms with Crippen molar-refractivity contribution in [3.8, 4) is 11.5 Å². The van der Waals surface area contributed by atoms with E-state index < -0.39 is 42.2 Å². The summed E-state index contributed by atoms with van der Waals surface area (Å²) in [6.45, 7) is 0.561. The Morgan fingerprint density at radius 3 is 2.21 bits per heavy atom. The van der Waals surface area contributed by atoms with Crippen LogP contribution in [0, 0.1) is 11.8 Å². The number of urea groups is 1. The Morgan fingerprint density at radius 2 is 1.60 bits per heavy atom.